The first kappa shape index (κ1) is 17.9. The number of halogens is 1. The fourth-order valence-electron chi connectivity index (χ4n) is 1.79. The van der Waals surface area contributed by atoms with Crippen molar-refractivity contribution < 1.29 is 19.1 Å². The van der Waals surface area contributed by atoms with Gasteiger partial charge < -0.3 is 4.74 Å². The molecular formula is C15H14ClN3O4S. The van der Waals surface area contributed by atoms with Crippen molar-refractivity contribution in [2.45, 2.75) is 6.92 Å². The van der Waals surface area contributed by atoms with Crippen molar-refractivity contribution in [2.75, 3.05) is 12.5 Å². The van der Waals surface area contributed by atoms with Crippen molar-refractivity contribution in [2.24, 2.45) is 5.10 Å². The van der Waals surface area contributed by atoms with Crippen LogP contribution >= 0.6 is 22.9 Å². The first-order valence-corrected chi connectivity index (χ1v) is 8.35. The Hall–Kier alpha value is -2.45. The third-order valence-electron chi connectivity index (χ3n) is 2.85. The number of carbonyl (C=O) groups excluding carboxylic acids is 3. The number of benzene rings is 1. The summed E-state index contributed by atoms with van der Waals surface area (Å²) in [6, 6.07) is 8.47. The lowest BCUT2D eigenvalue weighted by molar-refractivity contribution is 0.0508. The minimum Gasteiger partial charge on any atom is -0.461 e. The largest absolute Gasteiger partial charge is 0.461 e. The summed E-state index contributed by atoms with van der Waals surface area (Å²) in [7, 11) is 0. The molecule has 0 saturated heterocycles. The number of thiazole rings is 1. The fourth-order valence-corrected chi connectivity index (χ4v) is 2.73. The molecule has 0 spiro atoms. The molecule has 24 heavy (non-hydrogen) atoms. The SMILES string of the molecule is CCOC(=O)c1cs/c(=N\NC(=O)c2ccccc2)n1C(=O)CCl. The second-order valence-electron chi connectivity index (χ2n) is 4.41. The van der Waals surface area contributed by atoms with Crippen molar-refractivity contribution in [3.63, 3.8) is 0 Å². The minimum absolute atomic E-state index is 0.0141. The molecule has 0 aliphatic rings. The Bertz CT molecular complexity index is 814. The molecule has 7 nitrogen and oxygen atoms in total. The highest BCUT2D eigenvalue weighted by atomic mass is 35.5. The predicted octanol–water partition coefficient (Wildman–Crippen LogP) is 1.85. The zero-order valence-electron chi connectivity index (χ0n) is 12.7. The molecule has 126 valence electrons. The molecule has 0 unspecified atom stereocenters. The van der Waals surface area contributed by atoms with Crippen molar-refractivity contribution >= 4 is 40.7 Å². The standard InChI is InChI=1S/C15H14ClN3O4S/c1-2-23-14(22)11-9-24-15(19(11)12(20)8-16)18-17-13(21)10-6-4-3-5-7-10/h3-7,9H,2,8H2,1H3,(H,17,21)/b18-15-. The number of hydrogen-bond acceptors (Lipinski definition) is 6. The Labute approximate surface area is 146 Å². The highest BCUT2D eigenvalue weighted by Crippen LogP contribution is 2.05. The molecule has 1 aromatic heterocycles. The first-order chi connectivity index (χ1) is 11.6. The van der Waals surface area contributed by atoms with Gasteiger partial charge in [0.05, 0.1) is 6.61 Å². The van der Waals surface area contributed by atoms with E-state index in [1.165, 1.54) is 5.38 Å². The lowest BCUT2D eigenvalue weighted by Gasteiger charge is -2.05. The van der Waals surface area contributed by atoms with Crippen molar-refractivity contribution in [1.29, 1.82) is 0 Å². The molecule has 2 rings (SSSR count). The molecule has 0 atom stereocenters. The molecular weight excluding hydrogens is 354 g/mol. The Morgan fingerprint density at radius 3 is 2.62 bits per heavy atom. The number of nitrogens with zero attached hydrogens (tertiary/aromatic N) is 2. The average molecular weight is 368 g/mol. The Morgan fingerprint density at radius 2 is 2.00 bits per heavy atom. The van der Waals surface area contributed by atoms with Crippen LogP contribution in [0.1, 0.15) is 32.6 Å². The molecule has 1 aromatic carbocycles. The summed E-state index contributed by atoms with van der Waals surface area (Å²) in [5.74, 6) is -1.99. The number of ether oxygens (including phenoxy) is 1. The van der Waals surface area contributed by atoms with Crippen molar-refractivity contribution in [3.8, 4) is 0 Å². The second-order valence-corrected chi connectivity index (χ2v) is 5.51. The van der Waals surface area contributed by atoms with Crippen LogP contribution < -0.4 is 10.2 Å². The molecule has 2 aromatic rings. The number of hydrogen-bond donors (Lipinski definition) is 1. The summed E-state index contributed by atoms with van der Waals surface area (Å²) in [6.07, 6.45) is 0. The maximum absolute atomic E-state index is 12.0. The number of aromatic nitrogens is 1. The number of rotatable bonds is 5. The van der Waals surface area contributed by atoms with Gasteiger partial charge in [0.1, 0.15) is 11.6 Å². The highest BCUT2D eigenvalue weighted by molar-refractivity contribution is 7.07. The number of amides is 1. The zero-order chi connectivity index (χ0) is 17.5. The predicted molar refractivity (Wildman–Crippen MR) is 89.1 cm³/mol. The van der Waals surface area contributed by atoms with Gasteiger partial charge in [-0.15, -0.1) is 28.0 Å². The van der Waals surface area contributed by atoms with Gasteiger partial charge in [0.15, 0.2) is 0 Å². The summed E-state index contributed by atoms with van der Waals surface area (Å²) < 4.78 is 5.92. The van der Waals surface area contributed by atoms with Crippen LogP contribution in [0.25, 0.3) is 0 Å². The second kappa shape index (κ2) is 8.42. The Balaban J connectivity index is 2.34. The normalized spacial score (nSPS) is 11.2. The van der Waals surface area contributed by atoms with E-state index in [9.17, 15) is 14.4 Å². The van der Waals surface area contributed by atoms with E-state index >= 15 is 0 Å². The quantitative estimate of drug-likeness (QED) is 0.496. The van der Waals surface area contributed by atoms with E-state index in [2.05, 4.69) is 10.5 Å². The van der Waals surface area contributed by atoms with Gasteiger partial charge in [0.2, 0.25) is 10.7 Å². The van der Waals surface area contributed by atoms with Gasteiger partial charge in [-0.05, 0) is 19.1 Å². The lowest BCUT2D eigenvalue weighted by atomic mass is 10.2. The summed E-state index contributed by atoms with van der Waals surface area (Å²) in [6.45, 7) is 1.82. The maximum atomic E-state index is 12.0. The van der Waals surface area contributed by atoms with Crippen LogP contribution in [0.15, 0.2) is 40.8 Å². The van der Waals surface area contributed by atoms with E-state index in [0.717, 1.165) is 15.9 Å². The average Bonchev–Trinajstić information content (AvgIpc) is 3.04. The Kier molecular flexibility index (Phi) is 6.28. The van der Waals surface area contributed by atoms with Gasteiger partial charge in [-0.3, -0.25) is 9.59 Å². The van der Waals surface area contributed by atoms with Gasteiger partial charge >= 0.3 is 5.97 Å². The molecule has 1 amide bonds. The molecule has 1 heterocycles. The molecule has 0 fully saturated rings. The van der Waals surface area contributed by atoms with E-state index in [0.29, 0.717) is 5.56 Å². The van der Waals surface area contributed by atoms with E-state index < -0.39 is 17.8 Å². The van der Waals surface area contributed by atoms with E-state index in [-0.39, 0.29) is 23.0 Å². The minimum atomic E-state index is -0.664. The van der Waals surface area contributed by atoms with E-state index in [1.54, 1.807) is 37.3 Å². The molecule has 0 radical (unpaired) electrons. The summed E-state index contributed by atoms with van der Waals surface area (Å²) in [5, 5.41) is 5.34. The van der Waals surface area contributed by atoms with Crippen LogP contribution in [0, 0.1) is 0 Å². The monoisotopic (exact) mass is 367 g/mol. The number of nitrogens with one attached hydrogen (secondary N) is 1. The van der Waals surface area contributed by atoms with E-state index in [4.69, 9.17) is 16.3 Å². The van der Waals surface area contributed by atoms with Crippen LogP contribution in [0.5, 0.6) is 0 Å². The van der Waals surface area contributed by atoms with Crippen LogP contribution in [0.3, 0.4) is 0 Å². The van der Waals surface area contributed by atoms with Crippen LogP contribution in [-0.4, -0.2) is 34.8 Å². The smallest absolute Gasteiger partial charge is 0.356 e. The first-order valence-electron chi connectivity index (χ1n) is 6.94. The maximum Gasteiger partial charge on any atom is 0.356 e. The molecule has 0 aliphatic carbocycles. The molecule has 0 aliphatic heterocycles. The lowest BCUT2D eigenvalue weighted by Crippen LogP contribution is -2.31. The van der Waals surface area contributed by atoms with Gasteiger partial charge in [-0.25, -0.2) is 14.8 Å². The molecule has 0 saturated carbocycles. The number of esters is 1. The Morgan fingerprint density at radius 1 is 1.29 bits per heavy atom. The van der Waals surface area contributed by atoms with Crippen LogP contribution in [0.4, 0.5) is 0 Å². The topological polar surface area (TPSA) is 89.8 Å². The summed E-state index contributed by atoms with van der Waals surface area (Å²) >= 11 is 6.59. The summed E-state index contributed by atoms with van der Waals surface area (Å²) in [4.78, 5) is 36.0. The zero-order valence-corrected chi connectivity index (χ0v) is 14.3. The van der Waals surface area contributed by atoms with E-state index in [1.807, 2.05) is 0 Å². The highest BCUT2D eigenvalue weighted by Gasteiger charge is 2.19. The van der Waals surface area contributed by atoms with Crippen molar-refractivity contribution in [3.05, 3.63) is 51.8 Å². The third kappa shape index (κ3) is 4.09. The van der Waals surface area contributed by atoms with Gasteiger partial charge in [-0.2, -0.15) is 0 Å². The van der Waals surface area contributed by atoms with Gasteiger partial charge in [0, 0.05) is 10.9 Å². The third-order valence-corrected chi connectivity index (χ3v) is 3.90. The molecule has 9 heteroatoms. The fraction of sp³-hybridized carbons (Fsp3) is 0.200. The summed E-state index contributed by atoms with van der Waals surface area (Å²) in [5.41, 5.74) is 2.78. The van der Waals surface area contributed by atoms with Crippen LogP contribution in [-0.2, 0) is 4.74 Å². The van der Waals surface area contributed by atoms with Gasteiger partial charge in [0.25, 0.3) is 5.91 Å². The molecule has 0 bridgehead atoms. The molecule has 1 N–H and O–H groups in total. The number of carbonyl (C=O) groups is 3. The van der Waals surface area contributed by atoms with Crippen molar-refractivity contribution in [1.82, 2.24) is 9.99 Å². The number of alkyl halides is 1. The van der Waals surface area contributed by atoms with Crippen LogP contribution in [0.2, 0.25) is 0 Å². The van der Waals surface area contributed by atoms with Gasteiger partial charge in [-0.1, -0.05) is 18.2 Å².